The van der Waals surface area contributed by atoms with Crippen LogP contribution in [0, 0.1) is 5.92 Å². The summed E-state index contributed by atoms with van der Waals surface area (Å²) in [6, 6.07) is 32.5. The Balaban J connectivity index is 0.00000192. The van der Waals surface area contributed by atoms with Crippen molar-refractivity contribution in [1.29, 1.82) is 0 Å². The van der Waals surface area contributed by atoms with E-state index < -0.39 is 0 Å². The fourth-order valence-electron chi connectivity index (χ4n) is 3.06. The second-order valence-electron chi connectivity index (χ2n) is 5.94. The first-order valence-corrected chi connectivity index (χ1v) is 8.02. The lowest BCUT2D eigenvalue weighted by atomic mass is 9.87. The van der Waals surface area contributed by atoms with Gasteiger partial charge in [0.1, 0.15) is 0 Å². The minimum absolute atomic E-state index is 0. The second kappa shape index (κ2) is 8.92. The van der Waals surface area contributed by atoms with Crippen LogP contribution >= 0.6 is 0 Å². The largest absolute Gasteiger partial charge is 0.344 e. The van der Waals surface area contributed by atoms with E-state index in [9.17, 15) is 0 Å². The van der Waals surface area contributed by atoms with Gasteiger partial charge in [-0.15, -0.1) is 0 Å². The Kier molecular flexibility index (Phi) is 6.58. The lowest BCUT2D eigenvalue weighted by Crippen LogP contribution is -2.12. The van der Waals surface area contributed by atoms with E-state index in [4.69, 9.17) is 0 Å². The lowest BCUT2D eigenvalue weighted by molar-refractivity contribution is 0.518. The number of hydrogen-bond donors (Lipinski definition) is 1. The Bertz CT molecular complexity index is 563. The molecule has 23 heavy (non-hydrogen) atoms. The maximum atomic E-state index is 2.24. The van der Waals surface area contributed by atoms with Crippen molar-refractivity contribution >= 4 is 0 Å². The molecule has 3 rings (SSSR count). The highest BCUT2D eigenvalue weighted by atomic mass is 14.2. The van der Waals surface area contributed by atoms with Gasteiger partial charge >= 0.3 is 0 Å². The number of hydrogen-bond acceptors (Lipinski definition) is 1. The molecule has 0 aliphatic heterocycles. The zero-order chi connectivity index (χ0) is 15.0. The summed E-state index contributed by atoms with van der Waals surface area (Å²) in [6.07, 6.45) is 3.39. The van der Waals surface area contributed by atoms with E-state index in [1.807, 2.05) is 0 Å². The number of rotatable bonds is 6. The molecule has 1 heteroatoms. The Hall–Kier alpha value is -2.38. The van der Waals surface area contributed by atoms with Crippen LogP contribution < -0.4 is 6.15 Å². The minimum Gasteiger partial charge on any atom is -0.344 e. The summed E-state index contributed by atoms with van der Waals surface area (Å²) in [7, 11) is 0. The van der Waals surface area contributed by atoms with Crippen LogP contribution in [0.2, 0.25) is 0 Å². The van der Waals surface area contributed by atoms with E-state index in [2.05, 4.69) is 91.0 Å². The summed E-state index contributed by atoms with van der Waals surface area (Å²) in [5, 5.41) is 0. The highest BCUT2D eigenvalue weighted by Crippen LogP contribution is 2.19. The topological polar surface area (TPSA) is 35.0 Å². The average molecular weight is 303 g/mol. The summed E-state index contributed by atoms with van der Waals surface area (Å²) in [6.45, 7) is 0. The van der Waals surface area contributed by atoms with Crippen LogP contribution in [0.3, 0.4) is 0 Å². The molecule has 0 saturated carbocycles. The number of benzene rings is 3. The molecular weight excluding hydrogens is 278 g/mol. The lowest BCUT2D eigenvalue weighted by Gasteiger charge is -2.17. The zero-order valence-electron chi connectivity index (χ0n) is 13.6. The van der Waals surface area contributed by atoms with Gasteiger partial charge in [0.05, 0.1) is 0 Å². The summed E-state index contributed by atoms with van der Waals surface area (Å²) >= 11 is 0. The molecule has 0 aromatic heterocycles. The fraction of sp³-hybridized carbons (Fsp3) is 0.182. The molecule has 0 aliphatic rings. The van der Waals surface area contributed by atoms with Gasteiger partial charge < -0.3 is 6.15 Å². The standard InChI is InChI=1S/C22H22.H3N/c1-4-10-19(11-5-1)16-22(17-20-12-6-2-7-13-20)18-21-14-8-3-9-15-21;/h1-15,22H,16-18H2;1H3. The molecule has 1 nitrogen and oxygen atoms in total. The van der Waals surface area contributed by atoms with E-state index in [-0.39, 0.29) is 6.15 Å². The van der Waals surface area contributed by atoms with Crippen molar-refractivity contribution in [1.82, 2.24) is 6.15 Å². The van der Waals surface area contributed by atoms with E-state index in [1.165, 1.54) is 16.7 Å². The van der Waals surface area contributed by atoms with Crippen LogP contribution in [0.15, 0.2) is 91.0 Å². The van der Waals surface area contributed by atoms with Gasteiger partial charge in [-0.05, 0) is 41.9 Å². The Morgan fingerprint density at radius 1 is 0.435 bits per heavy atom. The van der Waals surface area contributed by atoms with E-state index in [0.717, 1.165) is 19.3 Å². The van der Waals surface area contributed by atoms with Crippen LogP contribution in [0.4, 0.5) is 0 Å². The molecule has 0 unspecified atom stereocenters. The van der Waals surface area contributed by atoms with Crippen LogP contribution in [0.25, 0.3) is 0 Å². The summed E-state index contributed by atoms with van der Waals surface area (Å²) in [5.41, 5.74) is 4.29. The molecule has 0 atom stereocenters. The Morgan fingerprint density at radius 2 is 0.696 bits per heavy atom. The van der Waals surface area contributed by atoms with Gasteiger partial charge in [-0.3, -0.25) is 0 Å². The van der Waals surface area contributed by atoms with Crippen molar-refractivity contribution < 1.29 is 0 Å². The maximum Gasteiger partial charge on any atom is -0.0244 e. The van der Waals surface area contributed by atoms with Gasteiger partial charge in [0.2, 0.25) is 0 Å². The molecule has 118 valence electrons. The van der Waals surface area contributed by atoms with Crippen molar-refractivity contribution in [2.75, 3.05) is 0 Å². The molecule has 3 aromatic rings. The molecule has 3 aromatic carbocycles. The summed E-state index contributed by atoms with van der Waals surface area (Å²) in [5.74, 6) is 0.632. The first kappa shape index (κ1) is 17.0. The van der Waals surface area contributed by atoms with Crippen molar-refractivity contribution in [2.24, 2.45) is 5.92 Å². The molecule has 3 N–H and O–H groups in total. The average Bonchev–Trinajstić information content (AvgIpc) is 2.57. The smallest absolute Gasteiger partial charge is 0.0244 e. The van der Waals surface area contributed by atoms with Gasteiger partial charge in [-0.1, -0.05) is 91.0 Å². The predicted octanol–water partition coefficient (Wildman–Crippen LogP) is 5.49. The van der Waals surface area contributed by atoms with Crippen molar-refractivity contribution in [3.05, 3.63) is 108 Å². The van der Waals surface area contributed by atoms with Crippen molar-refractivity contribution in [3.63, 3.8) is 0 Å². The molecule has 0 saturated heterocycles. The third-order valence-corrected chi connectivity index (χ3v) is 4.10. The van der Waals surface area contributed by atoms with E-state index in [0.29, 0.717) is 5.92 Å². The molecule has 0 bridgehead atoms. The summed E-state index contributed by atoms with van der Waals surface area (Å²) < 4.78 is 0. The molecule has 0 aliphatic carbocycles. The van der Waals surface area contributed by atoms with Crippen LogP contribution in [-0.2, 0) is 19.3 Å². The minimum atomic E-state index is 0. The van der Waals surface area contributed by atoms with Gasteiger partial charge in [0.15, 0.2) is 0 Å². The normalized spacial score (nSPS) is 10.3. The van der Waals surface area contributed by atoms with Crippen LogP contribution in [0.1, 0.15) is 16.7 Å². The van der Waals surface area contributed by atoms with Crippen LogP contribution in [-0.4, -0.2) is 0 Å². The molecule has 0 amide bonds. The van der Waals surface area contributed by atoms with E-state index in [1.54, 1.807) is 0 Å². The predicted molar refractivity (Wildman–Crippen MR) is 99.0 cm³/mol. The zero-order valence-corrected chi connectivity index (χ0v) is 13.6. The highest BCUT2D eigenvalue weighted by Gasteiger charge is 2.12. The third kappa shape index (κ3) is 5.39. The maximum absolute atomic E-state index is 2.24. The first-order valence-electron chi connectivity index (χ1n) is 8.02. The highest BCUT2D eigenvalue weighted by molar-refractivity contribution is 5.21. The Morgan fingerprint density at radius 3 is 0.957 bits per heavy atom. The SMILES string of the molecule is N.c1ccc(CC(Cc2ccccc2)Cc2ccccc2)cc1. The molecule has 0 fully saturated rings. The fourth-order valence-corrected chi connectivity index (χ4v) is 3.06. The van der Waals surface area contributed by atoms with Crippen LogP contribution in [0.5, 0.6) is 0 Å². The monoisotopic (exact) mass is 303 g/mol. The van der Waals surface area contributed by atoms with Gasteiger partial charge in [-0.25, -0.2) is 0 Å². The van der Waals surface area contributed by atoms with Gasteiger partial charge in [0.25, 0.3) is 0 Å². The molecule has 0 heterocycles. The van der Waals surface area contributed by atoms with E-state index >= 15 is 0 Å². The molecule has 0 radical (unpaired) electrons. The van der Waals surface area contributed by atoms with Gasteiger partial charge in [-0.2, -0.15) is 0 Å². The Labute approximate surface area is 139 Å². The first-order chi connectivity index (χ1) is 10.9. The van der Waals surface area contributed by atoms with Gasteiger partial charge in [0, 0.05) is 0 Å². The quantitative estimate of drug-likeness (QED) is 0.641. The van der Waals surface area contributed by atoms with Crippen molar-refractivity contribution in [2.45, 2.75) is 19.3 Å². The second-order valence-corrected chi connectivity index (χ2v) is 5.94. The third-order valence-electron chi connectivity index (χ3n) is 4.10. The van der Waals surface area contributed by atoms with Crippen molar-refractivity contribution in [3.8, 4) is 0 Å². The molecular formula is C22H25N. The summed E-state index contributed by atoms with van der Waals surface area (Å²) in [4.78, 5) is 0. The molecule has 0 spiro atoms.